The molecule has 1 atom stereocenters. The van der Waals surface area contributed by atoms with Crippen molar-refractivity contribution in [1.82, 2.24) is 5.32 Å². The molecule has 0 aromatic carbocycles. The first-order valence-corrected chi connectivity index (χ1v) is 8.27. The number of ether oxygens (including phenoxy) is 1. The number of esters is 1. The average Bonchev–Trinajstić information content (AvgIpc) is 2.93. The van der Waals surface area contributed by atoms with Gasteiger partial charge in [-0.1, -0.05) is 6.07 Å². The van der Waals surface area contributed by atoms with E-state index in [9.17, 15) is 4.79 Å². The van der Waals surface area contributed by atoms with E-state index in [1.807, 2.05) is 17.8 Å². The molecule has 0 saturated carbocycles. The van der Waals surface area contributed by atoms with Crippen LogP contribution in [0.3, 0.4) is 0 Å². The van der Waals surface area contributed by atoms with Crippen LogP contribution in [0.25, 0.3) is 0 Å². The molecular formula is C13H19NO2S2. The summed E-state index contributed by atoms with van der Waals surface area (Å²) >= 11 is 3.71. The molecule has 0 amide bonds. The van der Waals surface area contributed by atoms with Gasteiger partial charge >= 0.3 is 5.97 Å². The maximum atomic E-state index is 11.5. The molecule has 0 bridgehead atoms. The third kappa shape index (κ3) is 4.00. The van der Waals surface area contributed by atoms with Crippen molar-refractivity contribution in [2.75, 3.05) is 18.6 Å². The second kappa shape index (κ2) is 7.16. The Balaban J connectivity index is 1.97. The van der Waals surface area contributed by atoms with Crippen LogP contribution in [-0.4, -0.2) is 30.6 Å². The molecule has 100 valence electrons. The highest BCUT2D eigenvalue weighted by atomic mass is 32.2. The van der Waals surface area contributed by atoms with Crippen molar-refractivity contribution in [3.05, 3.63) is 22.4 Å². The molecule has 2 heterocycles. The first-order valence-electron chi connectivity index (χ1n) is 6.23. The summed E-state index contributed by atoms with van der Waals surface area (Å²) in [5.41, 5.74) is 0. The normalized spacial score (nSPS) is 18.5. The monoisotopic (exact) mass is 285 g/mol. The number of nitrogens with one attached hydrogen (secondary N) is 1. The highest BCUT2D eigenvalue weighted by Gasteiger charge is 2.22. The number of hydrogen-bond acceptors (Lipinski definition) is 5. The molecule has 1 aliphatic heterocycles. The topological polar surface area (TPSA) is 38.3 Å². The summed E-state index contributed by atoms with van der Waals surface area (Å²) in [4.78, 5) is 12.7. The SMILES string of the molecule is COC(=O)CC(NC1CCSCC1)c1cccs1. The van der Waals surface area contributed by atoms with Crippen LogP contribution < -0.4 is 5.32 Å². The van der Waals surface area contributed by atoms with E-state index in [1.165, 1.54) is 36.3 Å². The third-order valence-corrected chi connectivity index (χ3v) is 5.18. The van der Waals surface area contributed by atoms with E-state index >= 15 is 0 Å². The lowest BCUT2D eigenvalue weighted by Crippen LogP contribution is -2.36. The van der Waals surface area contributed by atoms with Crippen molar-refractivity contribution in [2.45, 2.75) is 31.3 Å². The molecular weight excluding hydrogens is 266 g/mol. The molecule has 3 nitrogen and oxygen atoms in total. The first kappa shape index (κ1) is 13.9. The minimum atomic E-state index is -0.147. The summed E-state index contributed by atoms with van der Waals surface area (Å²) in [6, 6.07) is 4.75. The van der Waals surface area contributed by atoms with Crippen LogP contribution in [0.5, 0.6) is 0 Å². The first-order chi connectivity index (χ1) is 8.79. The van der Waals surface area contributed by atoms with Gasteiger partial charge in [-0.2, -0.15) is 11.8 Å². The summed E-state index contributed by atoms with van der Waals surface area (Å²) in [7, 11) is 1.45. The summed E-state index contributed by atoms with van der Waals surface area (Å²) in [6.07, 6.45) is 2.79. The minimum absolute atomic E-state index is 0.102. The zero-order chi connectivity index (χ0) is 12.8. The maximum Gasteiger partial charge on any atom is 0.307 e. The average molecular weight is 285 g/mol. The summed E-state index contributed by atoms with van der Waals surface area (Å²) < 4.78 is 4.79. The number of carbonyl (C=O) groups is 1. The van der Waals surface area contributed by atoms with Crippen molar-refractivity contribution in [1.29, 1.82) is 0 Å². The Morgan fingerprint density at radius 1 is 1.56 bits per heavy atom. The second-order valence-electron chi connectivity index (χ2n) is 4.40. The number of rotatable bonds is 5. The minimum Gasteiger partial charge on any atom is -0.469 e. The van der Waals surface area contributed by atoms with Crippen molar-refractivity contribution in [3.63, 3.8) is 0 Å². The number of thioether (sulfide) groups is 1. The number of methoxy groups -OCH3 is 1. The zero-order valence-corrected chi connectivity index (χ0v) is 12.2. The predicted octanol–water partition coefficient (Wildman–Crippen LogP) is 2.84. The molecule has 5 heteroatoms. The number of carbonyl (C=O) groups excluding carboxylic acids is 1. The van der Waals surface area contributed by atoms with Crippen molar-refractivity contribution >= 4 is 29.1 Å². The van der Waals surface area contributed by atoms with Gasteiger partial charge in [0.1, 0.15) is 0 Å². The van der Waals surface area contributed by atoms with Gasteiger partial charge < -0.3 is 10.1 Å². The van der Waals surface area contributed by atoms with Gasteiger partial charge in [-0.25, -0.2) is 0 Å². The van der Waals surface area contributed by atoms with Crippen molar-refractivity contribution in [3.8, 4) is 0 Å². The van der Waals surface area contributed by atoms with E-state index in [2.05, 4.69) is 16.8 Å². The van der Waals surface area contributed by atoms with Gasteiger partial charge in [-0.15, -0.1) is 11.3 Å². The van der Waals surface area contributed by atoms with Crippen molar-refractivity contribution < 1.29 is 9.53 Å². The fourth-order valence-electron chi connectivity index (χ4n) is 2.13. The molecule has 1 unspecified atom stereocenters. The van der Waals surface area contributed by atoms with Crippen LogP contribution in [0.4, 0.5) is 0 Å². The van der Waals surface area contributed by atoms with Gasteiger partial charge in [0.25, 0.3) is 0 Å². The fourth-order valence-corrected chi connectivity index (χ4v) is 4.02. The van der Waals surface area contributed by atoms with Gasteiger partial charge in [0.15, 0.2) is 0 Å². The van der Waals surface area contributed by atoms with E-state index in [0.29, 0.717) is 12.5 Å². The van der Waals surface area contributed by atoms with E-state index in [4.69, 9.17) is 4.74 Å². The largest absolute Gasteiger partial charge is 0.469 e. The van der Waals surface area contributed by atoms with Crippen molar-refractivity contribution in [2.24, 2.45) is 0 Å². The lowest BCUT2D eigenvalue weighted by Gasteiger charge is -2.27. The molecule has 1 aromatic heterocycles. The van der Waals surface area contributed by atoms with Gasteiger partial charge in [-0.3, -0.25) is 4.79 Å². The Morgan fingerprint density at radius 3 is 2.94 bits per heavy atom. The van der Waals surface area contributed by atoms with Crippen LogP contribution in [0.1, 0.15) is 30.2 Å². The van der Waals surface area contributed by atoms with Gasteiger partial charge in [0.05, 0.1) is 19.6 Å². The molecule has 0 radical (unpaired) electrons. The molecule has 1 aromatic rings. The number of hydrogen-bond donors (Lipinski definition) is 1. The Labute approximate surface area is 116 Å². The van der Waals surface area contributed by atoms with Crippen LogP contribution in [0, 0.1) is 0 Å². The van der Waals surface area contributed by atoms with E-state index in [0.717, 1.165) is 0 Å². The molecule has 2 rings (SSSR count). The Bertz CT molecular complexity index is 361. The third-order valence-electron chi connectivity index (χ3n) is 3.14. The Morgan fingerprint density at radius 2 is 2.33 bits per heavy atom. The standard InChI is InChI=1S/C13H19NO2S2/c1-16-13(15)9-11(12-3-2-6-18-12)14-10-4-7-17-8-5-10/h2-3,6,10-11,14H,4-5,7-9H2,1H3. The fraction of sp³-hybridized carbons (Fsp3) is 0.615. The summed E-state index contributed by atoms with van der Waals surface area (Å²) in [5.74, 6) is 2.28. The highest BCUT2D eigenvalue weighted by molar-refractivity contribution is 7.99. The summed E-state index contributed by atoms with van der Waals surface area (Å²) in [5, 5.41) is 5.67. The smallest absolute Gasteiger partial charge is 0.307 e. The van der Waals surface area contributed by atoms with Crippen LogP contribution in [0.2, 0.25) is 0 Å². The van der Waals surface area contributed by atoms with E-state index in [-0.39, 0.29) is 12.0 Å². The molecule has 1 fully saturated rings. The van der Waals surface area contributed by atoms with Gasteiger partial charge in [-0.05, 0) is 35.8 Å². The van der Waals surface area contributed by atoms with Gasteiger partial charge in [0, 0.05) is 10.9 Å². The van der Waals surface area contributed by atoms with Crippen LogP contribution in [0.15, 0.2) is 17.5 Å². The van der Waals surface area contributed by atoms with Crippen LogP contribution in [-0.2, 0) is 9.53 Å². The van der Waals surface area contributed by atoms with Crippen LogP contribution >= 0.6 is 23.1 Å². The van der Waals surface area contributed by atoms with Gasteiger partial charge in [0.2, 0.25) is 0 Å². The highest BCUT2D eigenvalue weighted by Crippen LogP contribution is 2.26. The molecule has 18 heavy (non-hydrogen) atoms. The Kier molecular flexibility index (Phi) is 5.53. The quantitative estimate of drug-likeness (QED) is 0.844. The van der Waals surface area contributed by atoms with E-state index in [1.54, 1.807) is 11.3 Å². The van der Waals surface area contributed by atoms with E-state index < -0.39 is 0 Å². The second-order valence-corrected chi connectivity index (χ2v) is 6.61. The molecule has 1 aliphatic rings. The maximum absolute atomic E-state index is 11.5. The lowest BCUT2D eigenvalue weighted by atomic mass is 10.1. The molecule has 0 spiro atoms. The summed E-state index contributed by atoms with van der Waals surface area (Å²) in [6.45, 7) is 0. The molecule has 0 aliphatic carbocycles. The molecule has 1 N–H and O–H groups in total. The number of thiophene rings is 1. The lowest BCUT2D eigenvalue weighted by molar-refractivity contribution is -0.141. The predicted molar refractivity (Wildman–Crippen MR) is 77.2 cm³/mol. The molecule has 1 saturated heterocycles. The zero-order valence-electron chi connectivity index (χ0n) is 10.6. The Hall–Kier alpha value is -0.520.